The molecule has 0 aliphatic heterocycles. The Balaban J connectivity index is 1.46. The highest BCUT2D eigenvalue weighted by Crippen LogP contribution is 2.28. The first-order valence-corrected chi connectivity index (χ1v) is 6.81. The van der Waals surface area contributed by atoms with Crippen molar-refractivity contribution in [2.24, 2.45) is 17.6 Å². The summed E-state index contributed by atoms with van der Waals surface area (Å²) in [6.45, 7) is 2.48. The summed E-state index contributed by atoms with van der Waals surface area (Å²) < 4.78 is 0. The molecule has 2 saturated carbocycles. The van der Waals surface area contributed by atoms with E-state index in [0.717, 1.165) is 11.8 Å². The number of rotatable bonds is 5. The molecule has 0 aromatic carbocycles. The van der Waals surface area contributed by atoms with Crippen molar-refractivity contribution in [3.05, 3.63) is 0 Å². The van der Waals surface area contributed by atoms with Crippen molar-refractivity contribution in [1.29, 1.82) is 0 Å². The van der Waals surface area contributed by atoms with Gasteiger partial charge in [-0.05, 0) is 57.0 Å². The standard InChI is InChI=1S/C13H26N2/c14-13-6-4-12(5-7-13)10-15-9-8-11-2-1-3-11/h11-13,15H,1-10,14H2. The second-order valence-corrected chi connectivity index (χ2v) is 5.57. The van der Waals surface area contributed by atoms with Crippen LogP contribution in [0.3, 0.4) is 0 Å². The first kappa shape index (κ1) is 11.4. The Bertz CT molecular complexity index is 169. The summed E-state index contributed by atoms with van der Waals surface area (Å²) in [5.74, 6) is 1.96. The molecule has 3 N–H and O–H groups in total. The fraction of sp³-hybridized carbons (Fsp3) is 1.00. The summed E-state index contributed by atoms with van der Waals surface area (Å²) in [5.41, 5.74) is 5.90. The van der Waals surface area contributed by atoms with Crippen molar-refractivity contribution in [1.82, 2.24) is 5.32 Å². The van der Waals surface area contributed by atoms with Crippen LogP contribution in [-0.4, -0.2) is 19.1 Å². The molecule has 0 amide bonds. The Morgan fingerprint density at radius 1 is 0.933 bits per heavy atom. The van der Waals surface area contributed by atoms with Crippen molar-refractivity contribution in [3.63, 3.8) is 0 Å². The molecule has 0 unspecified atom stereocenters. The second kappa shape index (κ2) is 5.86. The summed E-state index contributed by atoms with van der Waals surface area (Å²) in [4.78, 5) is 0. The fourth-order valence-electron chi connectivity index (χ4n) is 2.79. The highest BCUT2D eigenvalue weighted by molar-refractivity contribution is 4.76. The molecule has 15 heavy (non-hydrogen) atoms. The van der Waals surface area contributed by atoms with Crippen LogP contribution in [0, 0.1) is 11.8 Å². The maximum Gasteiger partial charge on any atom is 0.00390 e. The second-order valence-electron chi connectivity index (χ2n) is 5.57. The molecule has 0 saturated heterocycles. The van der Waals surface area contributed by atoms with E-state index in [-0.39, 0.29) is 0 Å². The van der Waals surface area contributed by atoms with Crippen molar-refractivity contribution >= 4 is 0 Å². The molecular formula is C13H26N2. The smallest absolute Gasteiger partial charge is 0.00390 e. The zero-order valence-corrected chi connectivity index (χ0v) is 9.88. The molecule has 0 atom stereocenters. The third-order valence-corrected chi connectivity index (χ3v) is 4.28. The molecule has 0 spiro atoms. The van der Waals surface area contributed by atoms with E-state index in [0.29, 0.717) is 6.04 Å². The van der Waals surface area contributed by atoms with E-state index in [1.807, 2.05) is 0 Å². The quantitative estimate of drug-likeness (QED) is 0.683. The molecule has 2 aliphatic rings. The van der Waals surface area contributed by atoms with Gasteiger partial charge in [0.15, 0.2) is 0 Å². The van der Waals surface area contributed by atoms with Crippen LogP contribution >= 0.6 is 0 Å². The highest BCUT2D eigenvalue weighted by Gasteiger charge is 2.19. The third kappa shape index (κ3) is 3.76. The third-order valence-electron chi connectivity index (χ3n) is 4.28. The summed E-state index contributed by atoms with van der Waals surface area (Å²) in [5, 5.41) is 3.63. The van der Waals surface area contributed by atoms with Gasteiger partial charge in [0.1, 0.15) is 0 Å². The fourth-order valence-corrected chi connectivity index (χ4v) is 2.79. The Morgan fingerprint density at radius 2 is 1.67 bits per heavy atom. The van der Waals surface area contributed by atoms with Gasteiger partial charge in [0.05, 0.1) is 0 Å². The molecule has 2 aliphatic carbocycles. The number of nitrogens with one attached hydrogen (secondary N) is 1. The van der Waals surface area contributed by atoms with E-state index in [1.165, 1.54) is 64.5 Å². The van der Waals surface area contributed by atoms with Crippen molar-refractivity contribution < 1.29 is 0 Å². The van der Waals surface area contributed by atoms with Crippen LogP contribution in [-0.2, 0) is 0 Å². The van der Waals surface area contributed by atoms with Crippen LogP contribution in [0.4, 0.5) is 0 Å². The topological polar surface area (TPSA) is 38.0 Å². The van der Waals surface area contributed by atoms with Gasteiger partial charge in [0.2, 0.25) is 0 Å². The van der Waals surface area contributed by atoms with Gasteiger partial charge in [-0.3, -0.25) is 0 Å². The van der Waals surface area contributed by atoms with Gasteiger partial charge in [-0.1, -0.05) is 19.3 Å². The Morgan fingerprint density at radius 3 is 2.27 bits per heavy atom. The van der Waals surface area contributed by atoms with E-state index in [1.54, 1.807) is 0 Å². The average molecular weight is 210 g/mol. The maximum absolute atomic E-state index is 5.90. The zero-order chi connectivity index (χ0) is 10.5. The molecule has 2 heteroatoms. The predicted octanol–water partition coefficient (Wildman–Crippen LogP) is 2.28. The van der Waals surface area contributed by atoms with E-state index >= 15 is 0 Å². The van der Waals surface area contributed by atoms with Crippen LogP contribution in [0.15, 0.2) is 0 Å². The molecule has 0 radical (unpaired) electrons. The van der Waals surface area contributed by atoms with Gasteiger partial charge < -0.3 is 11.1 Å². The van der Waals surface area contributed by atoms with Crippen LogP contribution in [0.1, 0.15) is 51.4 Å². The molecule has 2 rings (SSSR count). The molecule has 0 aromatic heterocycles. The molecule has 2 fully saturated rings. The molecule has 0 bridgehead atoms. The lowest BCUT2D eigenvalue weighted by Crippen LogP contribution is -2.32. The number of hydrogen-bond acceptors (Lipinski definition) is 2. The lowest BCUT2D eigenvalue weighted by molar-refractivity contribution is 0.278. The van der Waals surface area contributed by atoms with Crippen molar-refractivity contribution in [2.45, 2.75) is 57.4 Å². The van der Waals surface area contributed by atoms with Gasteiger partial charge in [-0.2, -0.15) is 0 Å². The average Bonchev–Trinajstić information content (AvgIpc) is 2.18. The van der Waals surface area contributed by atoms with Gasteiger partial charge >= 0.3 is 0 Å². The summed E-state index contributed by atoms with van der Waals surface area (Å²) in [6.07, 6.45) is 11.0. The molecule has 88 valence electrons. The summed E-state index contributed by atoms with van der Waals surface area (Å²) in [7, 11) is 0. The van der Waals surface area contributed by atoms with Crippen LogP contribution in [0.25, 0.3) is 0 Å². The Hall–Kier alpha value is -0.0800. The van der Waals surface area contributed by atoms with E-state index in [2.05, 4.69) is 5.32 Å². The summed E-state index contributed by atoms with van der Waals surface area (Å²) in [6, 6.07) is 0.497. The van der Waals surface area contributed by atoms with Crippen LogP contribution in [0.2, 0.25) is 0 Å². The van der Waals surface area contributed by atoms with E-state index < -0.39 is 0 Å². The zero-order valence-electron chi connectivity index (χ0n) is 9.88. The predicted molar refractivity (Wildman–Crippen MR) is 64.8 cm³/mol. The first-order chi connectivity index (χ1) is 7.34. The van der Waals surface area contributed by atoms with Crippen molar-refractivity contribution in [3.8, 4) is 0 Å². The van der Waals surface area contributed by atoms with E-state index in [9.17, 15) is 0 Å². The van der Waals surface area contributed by atoms with Gasteiger partial charge in [0, 0.05) is 6.04 Å². The largest absolute Gasteiger partial charge is 0.328 e. The molecule has 2 nitrogen and oxygen atoms in total. The number of nitrogens with two attached hydrogens (primary N) is 1. The lowest BCUT2D eigenvalue weighted by atomic mass is 9.83. The van der Waals surface area contributed by atoms with Gasteiger partial charge in [-0.15, -0.1) is 0 Å². The van der Waals surface area contributed by atoms with Gasteiger partial charge in [-0.25, -0.2) is 0 Å². The van der Waals surface area contributed by atoms with Crippen LogP contribution < -0.4 is 11.1 Å². The Kier molecular flexibility index (Phi) is 4.45. The van der Waals surface area contributed by atoms with E-state index in [4.69, 9.17) is 5.73 Å². The first-order valence-electron chi connectivity index (χ1n) is 6.81. The monoisotopic (exact) mass is 210 g/mol. The molecule has 0 heterocycles. The molecule has 0 aromatic rings. The minimum Gasteiger partial charge on any atom is -0.328 e. The van der Waals surface area contributed by atoms with Crippen molar-refractivity contribution in [2.75, 3.05) is 13.1 Å². The minimum atomic E-state index is 0.497. The van der Waals surface area contributed by atoms with Crippen LogP contribution in [0.5, 0.6) is 0 Å². The molecular weight excluding hydrogens is 184 g/mol. The summed E-state index contributed by atoms with van der Waals surface area (Å²) >= 11 is 0. The lowest BCUT2D eigenvalue weighted by Gasteiger charge is -2.28. The Labute approximate surface area is 94.0 Å². The maximum atomic E-state index is 5.90. The SMILES string of the molecule is NC1CCC(CNCCC2CCC2)CC1. The normalized spacial score (nSPS) is 32.6. The van der Waals surface area contributed by atoms with Gasteiger partial charge in [0.25, 0.3) is 0 Å². The highest BCUT2D eigenvalue weighted by atomic mass is 14.9. The number of hydrogen-bond donors (Lipinski definition) is 2. The minimum absolute atomic E-state index is 0.497.